The second-order valence-electron chi connectivity index (χ2n) is 8.25. The number of anilines is 1. The zero-order chi connectivity index (χ0) is 23.7. The van der Waals surface area contributed by atoms with Crippen LogP contribution in [0, 0.1) is 9.49 Å². The van der Waals surface area contributed by atoms with Gasteiger partial charge in [0.1, 0.15) is 0 Å². The highest BCUT2D eigenvalue weighted by Crippen LogP contribution is 2.48. The number of halogens is 5. The number of hydrogen-bond donors (Lipinski definition) is 2. The minimum atomic E-state index is -4.58. The van der Waals surface area contributed by atoms with Gasteiger partial charge in [0, 0.05) is 8.99 Å². The summed E-state index contributed by atoms with van der Waals surface area (Å²) in [6.07, 6.45) is -2.38. The Bertz CT molecular complexity index is 1010. The Morgan fingerprint density at radius 2 is 1.81 bits per heavy atom. The monoisotopic (exact) mass is 579 g/mol. The van der Waals surface area contributed by atoms with Crippen LogP contribution in [0.5, 0.6) is 0 Å². The standard InChI is InChI=1S/C23H22ClF3INO3/c1-13(23(25,26)27)20(14-3-6-16(28)7-4-14)21(32)29-18-11-15(5-8-17(18)24)22(9-2-10-22)12-19(30)31/h3-8,11,13,20H,2,9-10,12H2,1H3,(H,29,32)(H,30,31)/t13-,20?/m1/s1. The highest BCUT2D eigenvalue weighted by Gasteiger charge is 2.45. The average Bonchev–Trinajstić information content (AvgIpc) is 2.67. The molecular weight excluding hydrogens is 558 g/mol. The van der Waals surface area contributed by atoms with E-state index in [4.69, 9.17) is 11.6 Å². The van der Waals surface area contributed by atoms with Crippen LogP contribution in [0.25, 0.3) is 0 Å². The molecular formula is C23H22ClF3INO3. The lowest BCUT2D eigenvalue weighted by Gasteiger charge is -2.41. The molecule has 1 aliphatic rings. The number of rotatable bonds is 7. The largest absolute Gasteiger partial charge is 0.481 e. The van der Waals surface area contributed by atoms with Crippen molar-refractivity contribution in [1.82, 2.24) is 0 Å². The summed E-state index contributed by atoms with van der Waals surface area (Å²) in [4.78, 5) is 24.4. The second kappa shape index (κ2) is 9.59. The van der Waals surface area contributed by atoms with Crippen molar-refractivity contribution in [3.8, 4) is 0 Å². The summed E-state index contributed by atoms with van der Waals surface area (Å²) in [5, 5.41) is 12.0. The van der Waals surface area contributed by atoms with E-state index in [9.17, 15) is 27.9 Å². The van der Waals surface area contributed by atoms with Gasteiger partial charge in [0.25, 0.3) is 0 Å². The van der Waals surface area contributed by atoms with E-state index in [0.717, 1.165) is 16.9 Å². The molecule has 0 bridgehead atoms. The Labute approximate surface area is 202 Å². The van der Waals surface area contributed by atoms with Gasteiger partial charge >= 0.3 is 12.1 Å². The summed E-state index contributed by atoms with van der Waals surface area (Å²) in [5.41, 5.74) is 0.586. The van der Waals surface area contributed by atoms with Crippen molar-refractivity contribution < 1.29 is 27.9 Å². The molecule has 1 fully saturated rings. The topological polar surface area (TPSA) is 66.4 Å². The number of alkyl halides is 3. The van der Waals surface area contributed by atoms with Gasteiger partial charge in [0.2, 0.25) is 5.91 Å². The highest BCUT2D eigenvalue weighted by atomic mass is 127. The number of amides is 1. The molecule has 1 saturated carbocycles. The van der Waals surface area contributed by atoms with E-state index in [-0.39, 0.29) is 22.7 Å². The van der Waals surface area contributed by atoms with E-state index in [1.165, 1.54) is 12.1 Å². The summed E-state index contributed by atoms with van der Waals surface area (Å²) in [6, 6.07) is 11.2. The van der Waals surface area contributed by atoms with Gasteiger partial charge in [-0.3, -0.25) is 9.59 Å². The number of hydrogen-bond acceptors (Lipinski definition) is 2. The minimum absolute atomic E-state index is 0.0571. The van der Waals surface area contributed by atoms with Crippen molar-refractivity contribution in [2.24, 2.45) is 5.92 Å². The Hall–Kier alpha value is -1.81. The molecule has 0 aromatic heterocycles. The molecule has 0 saturated heterocycles. The predicted molar refractivity (Wildman–Crippen MR) is 125 cm³/mol. The first-order valence-corrected chi connectivity index (χ1v) is 11.5. The van der Waals surface area contributed by atoms with Crippen molar-refractivity contribution in [2.45, 2.75) is 50.1 Å². The fourth-order valence-electron chi connectivity index (χ4n) is 4.15. The number of carboxylic acid groups (broad SMARTS) is 1. The van der Waals surface area contributed by atoms with Crippen molar-refractivity contribution in [2.75, 3.05) is 5.32 Å². The van der Waals surface area contributed by atoms with Gasteiger partial charge in [0.05, 0.1) is 29.0 Å². The van der Waals surface area contributed by atoms with Crippen LogP contribution >= 0.6 is 34.2 Å². The second-order valence-corrected chi connectivity index (χ2v) is 9.90. The molecule has 0 heterocycles. The molecule has 2 aromatic carbocycles. The van der Waals surface area contributed by atoms with Crippen molar-refractivity contribution in [3.05, 3.63) is 62.2 Å². The molecule has 2 N–H and O–H groups in total. The third-order valence-electron chi connectivity index (χ3n) is 6.16. The molecule has 0 aliphatic heterocycles. The normalized spacial score (nSPS) is 17.2. The maximum Gasteiger partial charge on any atom is 0.392 e. The van der Waals surface area contributed by atoms with Gasteiger partial charge < -0.3 is 10.4 Å². The minimum Gasteiger partial charge on any atom is -0.481 e. The summed E-state index contributed by atoms with van der Waals surface area (Å²) in [7, 11) is 0. The molecule has 3 rings (SSSR count). The molecule has 2 aromatic rings. The molecule has 0 spiro atoms. The van der Waals surface area contributed by atoms with E-state index in [0.29, 0.717) is 18.4 Å². The lowest BCUT2D eigenvalue weighted by Crippen LogP contribution is -2.37. The number of carbonyl (C=O) groups is 2. The molecule has 4 nitrogen and oxygen atoms in total. The molecule has 172 valence electrons. The van der Waals surface area contributed by atoms with E-state index in [1.54, 1.807) is 30.3 Å². The first-order valence-electron chi connectivity index (χ1n) is 10.1. The molecule has 1 unspecified atom stereocenters. The van der Waals surface area contributed by atoms with E-state index < -0.39 is 35.3 Å². The van der Waals surface area contributed by atoms with Gasteiger partial charge in [-0.25, -0.2) is 0 Å². The zero-order valence-corrected chi connectivity index (χ0v) is 20.1. The molecule has 1 aliphatic carbocycles. The Balaban J connectivity index is 1.94. The predicted octanol–water partition coefficient (Wildman–Crippen LogP) is 6.76. The molecule has 2 atom stereocenters. The summed E-state index contributed by atoms with van der Waals surface area (Å²) >= 11 is 8.28. The fraction of sp³-hybridized carbons (Fsp3) is 0.391. The fourth-order valence-corrected chi connectivity index (χ4v) is 4.67. The van der Waals surface area contributed by atoms with Gasteiger partial charge in [-0.15, -0.1) is 0 Å². The maximum atomic E-state index is 13.6. The van der Waals surface area contributed by atoms with Crippen molar-refractivity contribution in [1.29, 1.82) is 0 Å². The van der Waals surface area contributed by atoms with Crippen LogP contribution in [0.15, 0.2) is 42.5 Å². The van der Waals surface area contributed by atoms with Gasteiger partial charge in [0.15, 0.2) is 0 Å². The SMILES string of the molecule is C[C@H](C(C(=O)Nc1cc(C2(CC(=O)O)CCC2)ccc1Cl)c1ccc(I)cc1)C(F)(F)F. The van der Waals surface area contributed by atoms with Gasteiger partial charge in [-0.1, -0.05) is 43.1 Å². The van der Waals surface area contributed by atoms with Crippen LogP contribution in [0.4, 0.5) is 18.9 Å². The zero-order valence-electron chi connectivity index (χ0n) is 17.2. The first kappa shape index (κ1) is 24.8. The lowest BCUT2D eigenvalue weighted by atomic mass is 9.62. The maximum absolute atomic E-state index is 13.6. The lowest BCUT2D eigenvalue weighted by molar-refractivity contribution is -0.178. The highest BCUT2D eigenvalue weighted by molar-refractivity contribution is 14.1. The van der Waals surface area contributed by atoms with Gasteiger partial charge in [-0.2, -0.15) is 13.2 Å². The number of benzene rings is 2. The van der Waals surface area contributed by atoms with E-state index in [2.05, 4.69) is 5.32 Å². The Kier molecular flexibility index (Phi) is 7.44. The van der Waals surface area contributed by atoms with Crippen LogP contribution in [0.3, 0.4) is 0 Å². The number of carbonyl (C=O) groups excluding carboxylic acids is 1. The molecule has 0 radical (unpaired) electrons. The van der Waals surface area contributed by atoms with Gasteiger partial charge in [-0.05, 0) is 70.8 Å². The molecule has 1 amide bonds. The number of aliphatic carboxylic acids is 1. The third-order valence-corrected chi connectivity index (χ3v) is 7.21. The Morgan fingerprint density at radius 3 is 2.31 bits per heavy atom. The number of nitrogens with one attached hydrogen (secondary N) is 1. The third kappa shape index (κ3) is 5.39. The van der Waals surface area contributed by atoms with Crippen molar-refractivity contribution >= 4 is 51.8 Å². The quantitative estimate of drug-likeness (QED) is 0.356. The smallest absolute Gasteiger partial charge is 0.392 e. The average molecular weight is 580 g/mol. The van der Waals surface area contributed by atoms with Crippen LogP contribution in [0.1, 0.15) is 49.7 Å². The Morgan fingerprint density at radius 1 is 1.19 bits per heavy atom. The van der Waals surface area contributed by atoms with E-state index >= 15 is 0 Å². The van der Waals surface area contributed by atoms with Crippen molar-refractivity contribution in [3.63, 3.8) is 0 Å². The summed E-state index contributed by atoms with van der Waals surface area (Å²) in [6.45, 7) is 0.983. The molecule has 32 heavy (non-hydrogen) atoms. The summed E-state index contributed by atoms with van der Waals surface area (Å²) < 4.78 is 41.6. The first-order chi connectivity index (χ1) is 14.9. The summed E-state index contributed by atoms with van der Waals surface area (Å²) in [5.74, 6) is -5.14. The van der Waals surface area contributed by atoms with Crippen LogP contribution in [-0.2, 0) is 15.0 Å². The van der Waals surface area contributed by atoms with Crippen LogP contribution in [-0.4, -0.2) is 23.2 Å². The van der Waals surface area contributed by atoms with E-state index in [1.807, 2.05) is 22.6 Å². The van der Waals surface area contributed by atoms with Crippen LogP contribution < -0.4 is 5.32 Å². The molecule has 9 heteroatoms. The van der Waals surface area contributed by atoms with Crippen LogP contribution in [0.2, 0.25) is 5.02 Å². The number of carboxylic acids is 1.